The minimum absolute atomic E-state index is 0.109. The number of ketones is 1. The average Bonchev–Trinajstić information content (AvgIpc) is 3.39. The highest BCUT2D eigenvalue weighted by molar-refractivity contribution is 5.97. The van der Waals surface area contributed by atoms with Gasteiger partial charge in [-0.2, -0.15) is 0 Å². The molecule has 10 heteroatoms. The molecule has 10 nitrogen and oxygen atoms in total. The zero-order valence-electron chi connectivity index (χ0n) is 18.6. The normalized spacial score (nSPS) is 19.6. The van der Waals surface area contributed by atoms with Gasteiger partial charge in [0.15, 0.2) is 5.78 Å². The van der Waals surface area contributed by atoms with Crippen molar-refractivity contribution in [1.82, 2.24) is 21.3 Å². The number of hydrogen-bond acceptors (Lipinski definition) is 6. The van der Waals surface area contributed by atoms with Gasteiger partial charge < -0.3 is 26.0 Å². The van der Waals surface area contributed by atoms with E-state index in [4.69, 9.17) is 4.74 Å². The summed E-state index contributed by atoms with van der Waals surface area (Å²) in [6, 6.07) is -1.56. The molecule has 0 aliphatic carbocycles. The van der Waals surface area contributed by atoms with Crippen LogP contribution in [0.4, 0.5) is 0 Å². The molecule has 1 aliphatic heterocycles. The fourth-order valence-corrected chi connectivity index (χ4v) is 2.78. The van der Waals surface area contributed by atoms with Gasteiger partial charge in [-0.1, -0.05) is 27.7 Å². The molecule has 0 aromatic carbocycles. The Morgan fingerprint density at radius 1 is 0.933 bits per heavy atom. The topological polar surface area (TPSA) is 146 Å². The molecule has 1 saturated heterocycles. The summed E-state index contributed by atoms with van der Waals surface area (Å²) >= 11 is 0. The first-order valence-electron chi connectivity index (χ1n) is 10.1. The average molecular weight is 427 g/mol. The van der Waals surface area contributed by atoms with Crippen LogP contribution in [-0.2, 0) is 28.7 Å². The lowest BCUT2D eigenvalue weighted by atomic mass is 9.92. The van der Waals surface area contributed by atoms with Gasteiger partial charge in [0, 0.05) is 6.92 Å². The van der Waals surface area contributed by atoms with E-state index in [1.165, 1.54) is 6.92 Å². The van der Waals surface area contributed by atoms with Gasteiger partial charge in [0.2, 0.25) is 23.6 Å². The number of ether oxygens (including phenoxy) is 1. The number of epoxide rings is 1. The number of carbonyl (C=O) groups is 5. The van der Waals surface area contributed by atoms with Crippen LogP contribution in [-0.4, -0.2) is 66.8 Å². The number of carbonyl (C=O) groups excluding carboxylic acids is 5. The molecular weight excluding hydrogens is 392 g/mol. The predicted octanol–water partition coefficient (Wildman–Crippen LogP) is -0.732. The lowest BCUT2D eigenvalue weighted by molar-refractivity contribution is -0.133. The molecular formula is C20H34N4O6. The van der Waals surface area contributed by atoms with Gasteiger partial charge >= 0.3 is 0 Å². The Balaban J connectivity index is 2.61. The van der Waals surface area contributed by atoms with Crippen molar-refractivity contribution in [3.05, 3.63) is 0 Å². The van der Waals surface area contributed by atoms with Crippen molar-refractivity contribution in [3.8, 4) is 0 Å². The van der Waals surface area contributed by atoms with E-state index in [1.54, 1.807) is 6.92 Å². The van der Waals surface area contributed by atoms with Crippen molar-refractivity contribution in [3.63, 3.8) is 0 Å². The van der Waals surface area contributed by atoms with E-state index in [1.807, 2.05) is 27.7 Å². The highest BCUT2D eigenvalue weighted by Crippen LogP contribution is 2.29. The van der Waals surface area contributed by atoms with Crippen molar-refractivity contribution in [2.75, 3.05) is 19.7 Å². The van der Waals surface area contributed by atoms with E-state index < -0.39 is 35.4 Å². The molecule has 1 aliphatic rings. The molecule has 0 spiro atoms. The molecule has 4 N–H and O–H groups in total. The van der Waals surface area contributed by atoms with Crippen molar-refractivity contribution >= 4 is 29.4 Å². The van der Waals surface area contributed by atoms with Crippen LogP contribution in [0.25, 0.3) is 0 Å². The molecule has 3 unspecified atom stereocenters. The Kier molecular flexibility index (Phi) is 9.41. The minimum Gasteiger partial charge on any atom is -0.361 e. The number of amides is 4. The quantitative estimate of drug-likeness (QED) is 0.303. The Morgan fingerprint density at radius 3 is 1.93 bits per heavy atom. The van der Waals surface area contributed by atoms with E-state index in [-0.39, 0.29) is 36.6 Å². The van der Waals surface area contributed by atoms with Gasteiger partial charge in [-0.15, -0.1) is 0 Å². The van der Waals surface area contributed by atoms with E-state index in [0.29, 0.717) is 13.0 Å². The summed E-state index contributed by atoms with van der Waals surface area (Å²) in [6.45, 7) is 10.1. The first-order chi connectivity index (χ1) is 13.9. The minimum atomic E-state index is -0.855. The van der Waals surface area contributed by atoms with Crippen LogP contribution in [0.5, 0.6) is 0 Å². The molecule has 0 bridgehead atoms. The van der Waals surface area contributed by atoms with Crippen LogP contribution in [0, 0.1) is 11.8 Å². The largest absolute Gasteiger partial charge is 0.361 e. The Labute approximate surface area is 177 Å². The summed E-state index contributed by atoms with van der Waals surface area (Å²) in [7, 11) is 0. The maximum absolute atomic E-state index is 12.5. The number of rotatable bonds is 12. The summed E-state index contributed by atoms with van der Waals surface area (Å²) in [6.07, 6.45) is 0.363. The molecule has 1 heterocycles. The summed E-state index contributed by atoms with van der Waals surface area (Å²) < 4.78 is 5.17. The molecule has 30 heavy (non-hydrogen) atoms. The number of hydrogen-bond donors (Lipinski definition) is 4. The second-order valence-electron chi connectivity index (χ2n) is 8.55. The van der Waals surface area contributed by atoms with Gasteiger partial charge in [-0.25, -0.2) is 0 Å². The maximum Gasteiger partial charge on any atom is 0.243 e. The Morgan fingerprint density at radius 2 is 1.47 bits per heavy atom. The standard InChI is InChI=1S/C20H34N4O6/c1-11(2)7-14(23-15(26)8-21-13(5)25)19(29)22-9-16(27)24-17(12(3)4)18(28)20(6)10-30-20/h11-12,14,17H,7-10H2,1-6H3,(H,21,25)(H,22,29)(H,23,26)(H,24,27). The predicted molar refractivity (Wildman–Crippen MR) is 109 cm³/mol. The van der Waals surface area contributed by atoms with E-state index in [9.17, 15) is 24.0 Å². The Bertz CT molecular complexity index is 672. The third-order valence-corrected chi connectivity index (χ3v) is 4.64. The van der Waals surface area contributed by atoms with Crippen molar-refractivity contribution in [2.24, 2.45) is 11.8 Å². The van der Waals surface area contributed by atoms with Crippen LogP contribution in [0.1, 0.15) is 48.0 Å². The van der Waals surface area contributed by atoms with Gasteiger partial charge in [0.1, 0.15) is 11.6 Å². The summed E-state index contributed by atoms with van der Waals surface area (Å²) in [5.41, 5.74) is -0.855. The fourth-order valence-electron chi connectivity index (χ4n) is 2.78. The summed E-state index contributed by atoms with van der Waals surface area (Å²) in [4.78, 5) is 60.2. The first kappa shape index (κ1) is 25.5. The third-order valence-electron chi connectivity index (χ3n) is 4.64. The highest BCUT2D eigenvalue weighted by atomic mass is 16.6. The van der Waals surface area contributed by atoms with Crippen molar-refractivity contribution in [1.29, 1.82) is 0 Å². The van der Waals surface area contributed by atoms with Crippen molar-refractivity contribution < 1.29 is 28.7 Å². The van der Waals surface area contributed by atoms with Crippen LogP contribution >= 0.6 is 0 Å². The Hall–Kier alpha value is -2.49. The second kappa shape index (κ2) is 11.1. The van der Waals surface area contributed by atoms with E-state index in [2.05, 4.69) is 21.3 Å². The molecule has 0 radical (unpaired) electrons. The van der Waals surface area contributed by atoms with Gasteiger partial charge in [-0.05, 0) is 25.2 Å². The van der Waals surface area contributed by atoms with Gasteiger partial charge in [0.25, 0.3) is 0 Å². The molecule has 4 amide bonds. The molecule has 1 fully saturated rings. The molecule has 170 valence electrons. The SMILES string of the molecule is CC(=O)NCC(=O)NC(CC(C)C)C(=O)NCC(=O)NC(C(=O)C1(C)CO1)C(C)C. The molecule has 3 atom stereocenters. The first-order valence-corrected chi connectivity index (χ1v) is 10.1. The van der Waals surface area contributed by atoms with E-state index >= 15 is 0 Å². The molecule has 1 rings (SSSR count). The van der Waals surface area contributed by atoms with Gasteiger partial charge in [0.05, 0.1) is 25.7 Å². The number of Topliss-reactive ketones (excluding diaryl/α,β-unsaturated/α-hetero) is 1. The highest BCUT2D eigenvalue weighted by Gasteiger charge is 2.50. The van der Waals surface area contributed by atoms with Gasteiger partial charge in [-0.3, -0.25) is 24.0 Å². The third kappa shape index (κ3) is 8.48. The van der Waals surface area contributed by atoms with Crippen LogP contribution < -0.4 is 21.3 Å². The lowest BCUT2D eigenvalue weighted by Crippen LogP contribution is -2.54. The van der Waals surface area contributed by atoms with Crippen LogP contribution in [0.3, 0.4) is 0 Å². The smallest absolute Gasteiger partial charge is 0.243 e. The maximum atomic E-state index is 12.5. The second-order valence-corrected chi connectivity index (χ2v) is 8.55. The van der Waals surface area contributed by atoms with Crippen molar-refractivity contribution in [2.45, 2.75) is 65.6 Å². The van der Waals surface area contributed by atoms with Crippen LogP contribution in [0.2, 0.25) is 0 Å². The summed E-state index contributed by atoms with van der Waals surface area (Å²) in [5.74, 6) is -2.10. The summed E-state index contributed by atoms with van der Waals surface area (Å²) in [5, 5.41) is 10.1. The zero-order chi connectivity index (χ0) is 23.1. The molecule has 0 aromatic heterocycles. The number of nitrogens with one attached hydrogen (secondary N) is 4. The van der Waals surface area contributed by atoms with Crippen LogP contribution in [0.15, 0.2) is 0 Å². The molecule has 0 saturated carbocycles. The van der Waals surface area contributed by atoms with E-state index in [0.717, 1.165) is 0 Å². The molecule has 0 aromatic rings. The lowest BCUT2D eigenvalue weighted by Gasteiger charge is -2.24. The zero-order valence-corrected chi connectivity index (χ0v) is 18.6. The fraction of sp³-hybridized carbons (Fsp3) is 0.750. The monoisotopic (exact) mass is 426 g/mol.